The largest absolute Gasteiger partial charge is 0.480 e. The first-order valence-corrected chi connectivity index (χ1v) is 7.46. The van der Waals surface area contributed by atoms with E-state index in [2.05, 4.69) is 10.2 Å². The maximum absolute atomic E-state index is 11.6. The summed E-state index contributed by atoms with van der Waals surface area (Å²) in [6.07, 6.45) is 0. The van der Waals surface area contributed by atoms with Gasteiger partial charge in [0, 0.05) is 23.7 Å². The van der Waals surface area contributed by atoms with Crippen molar-refractivity contribution < 1.29 is 19.6 Å². The number of carboxylic acid groups (broad SMARTS) is 1. The highest BCUT2D eigenvalue weighted by Gasteiger charge is 2.34. The molecule has 136 valence electrons. The lowest BCUT2D eigenvalue weighted by molar-refractivity contribution is -0.385. The van der Waals surface area contributed by atoms with Gasteiger partial charge in [-0.3, -0.25) is 29.2 Å². The van der Waals surface area contributed by atoms with E-state index in [0.29, 0.717) is 5.82 Å². The van der Waals surface area contributed by atoms with Crippen LogP contribution in [0, 0.1) is 10.1 Å². The third-order valence-electron chi connectivity index (χ3n) is 4.20. The van der Waals surface area contributed by atoms with E-state index in [9.17, 15) is 29.6 Å². The van der Waals surface area contributed by atoms with E-state index in [0.717, 1.165) is 6.07 Å². The molecule has 1 amide bonds. The third-order valence-corrected chi connectivity index (χ3v) is 4.20. The molecule has 1 aliphatic rings. The van der Waals surface area contributed by atoms with Crippen LogP contribution in [-0.2, 0) is 24.4 Å². The van der Waals surface area contributed by atoms with Gasteiger partial charge in [0.05, 0.1) is 18.0 Å². The Balaban J connectivity index is 1.96. The monoisotopic (exact) mass is 362 g/mol. The Kier molecular flexibility index (Phi) is 4.26. The van der Waals surface area contributed by atoms with Crippen molar-refractivity contribution in [3.63, 3.8) is 0 Å². The highest BCUT2D eigenvalue weighted by molar-refractivity contribution is 5.93. The van der Waals surface area contributed by atoms with Gasteiger partial charge in [-0.25, -0.2) is 9.89 Å². The van der Waals surface area contributed by atoms with E-state index in [-0.39, 0.29) is 36.4 Å². The van der Waals surface area contributed by atoms with Crippen molar-refractivity contribution in [2.45, 2.75) is 25.7 Å². The first-order chi connectivity index (χ1) is 12.3. The molecule has 2 heterocycles. The Morgan fingerprint density at radius 3 is 2.81 bits per heavy atom. The SMILES string of the molecule is NC(=O)c1ccc(CN2Cc3n[nH]c(=O)n3CC2C(=O)O)c([N+](=O)[O-])c1. The number of H-pyrrole nitrogens is 1. The van der Waals surface area contributed by atoms with Crippen molar-refractivity contribution in [1.29, 1.82) is 0 Å². The lowest BCUT2D eigenvalue weighted by Crippen LogP contribution is -2.49. The molecule has 0 fully saturated rings. The van der Waals surface area contributed by atoms with Crippen molar-refractivity contribution in [1.82, 2.24) is 19.7 Å². The number of aromatic nitrogens is 3. The molecule has 2 aromatic rings. The van der Waals surface area contributed by atoms with Crippen LogP contribution < -0.4 is 11.4 Å². The summed E-state index contributed by atoms with van der Waals surface area (Å²) in [5.74, 6) is -1.63. The number of nitrogens with two attached hydrogens (primary N) is 1. The van der Waals surface area contributed by atoms with Crippen LogP contribution in [0.1, 0.15) is 21.7 Å². The molecule has 12 nitrogen and oxygen atoms in total. The first-order valence-electron chi connectivity index (χ1n) is 7.46. The minimum absolute atomic E-state index is 0.0183. The average Bonchev–Trinajstić information content (AvgIpc) is 2.94. The molecular formula is C14H14N6O6. The van der Waals surface area contributed by atoms with Gasteiger partial charge in [-0.1, -0.05) is 6.07 Å². The molecule has 1 atom stereocenters. The quantitative estimate of drug-likeness (QED) is 0.450. The van der Waals surface area contributed by atoms with Crippen molar-refractivity contribution in [2.24, 2.45) is 5.73 Å². The van der Waals surface area contributed by atoms with Gasteiger partial charge in [0.2, 0.25) is 5.91 Å². The molecule has 0 bridgehead atoms. The summed E-state index contributed by atoms with van der Waals surface area (Å²) in [5.41, 5.74) is 4.49. The molecule has 1 aliphatic heterocycles. The van der Waals surface area contributed by atoms with Crippen LogP contribution in [0.3, 0.4) is 0 Å². The topological polar surface area (TPSA) is 177 Å². The summed E-state index contributed by atoms with van der Waals surface area (Å²) in [7, 11) is 0. The van der Waals surface area contributed by atoms with Crippen molar-refractivity contribution in [2.75, 3.05) is 0 Å². The van der Waals surface area contributed by atoms with E-state index in [1.54, 1.807) is 0 Å². The van der Waals surface area contributed by atoms with Crippen LogP contribution in [0.2, 0.25) is 0 Å². The van der Waals surface area contributed by atoms with Crippen LogP contribution in [-0.4, -0.2) is 47.6 Å². The number of carbonyl (C=O) groups excluding carboxylic acids is 1. The van der Waals surface area contributed by atoms with Crippen LogP contribution >= 0.6 is 0 Å². The number of hydrogen-bond acceptors (Lipinski definition) is 7. The Labute approximate surface area is 145 Å². The highest BCUT2D eigenvalue weighted by atomic mass is 16.6. The van der Waals surface area contributed by atoms with Gasteiger partial charge in [0.15, 0.2) is 0 Å². The van der Waals surface area contributed by atoms with E-state index < -0.39 is 28.5 Å². The zero-order chi connectivity index (χ0) is 19.0. The number of rotatable bonds is 5. The molecule has 3 rings (SSSR count). The minimum Gasteiger partial charge on any atom is -0.480 e. The number of hydrogen-bond donors (Lipinski definition) is 3. The van der Waals surface area contributed by atoms with Gasteiger partial charge in [0.25, 0.3) is 5.69 Å². The van der Waals surface area contributed by atoms with Gasteiger partial charge in [-0.15, -0.1) is 0 Å². The molecule has 1 unspecified atom stereocenters. The standard InChI is InChI=1S/C14H14N6O6/c15-12(21)7-1-2-8(9(3-7)20(25)26)4-18-6-11-16-17-14(24)19(11)5-10(18)13(22)23/h1-3,10H,4-6H2,(H2,15,21)(H,17,24)(H,22,23). The predicted octanol–water partition coefficient (Wildman–Crippen LogP) is -0.952. The number of amides is 1. The molecule has 0 spiro atoms. The van der Waals surface area contributed by atoms with Gasteiger partial charge >= 0.3 is 11.7 Å². The zero-order valence-corrected chi connectivity index (χ0v) is 13.3. The normalized spacial score (nSPS) is 16.8. The number of carboxylic acids is 1. The smallest absolute Gasteiger partial charge is 0.343 e. The fraction of sp³-hybridized carbons (Fsp3) is 0.286. The number of nitro benzene ring substituents is 1. The van der Waals surface area contributed by atoms with E-state index >= 15 is 0 Å². The molecular weight excluding hydrogens is 348 g/mol. The Bertz CT molecular complexity index is 963. The number of aliphatic carboxylic acids is 1. The van der Waals surface area contributed by atoms with Crippen molar-refractivity contribution in [3.05, 3.63) is 55.7 Å². The van der Waals surface area contributed by atoms with Gasteiger partial charge in [0.1, 0.15) is 11.9 Å². The van der Waals surface area contributed by atoms with Gasteiger partial charge in [-0.05, 0) is 6.07 Å². The molecule has 0 radical (unpaired) electrons. The van der Waals surface area contributed by atoms with E-state index in [4.69, 9.17) is 5.73 Å². The number of nitrogens with one attached hydrogen (secondary N) is 1. The summed E-state index contributed by atoms with van der Waals surface area (Å²) in [6.45, 7) is -0.190. The Morgan fingerprint density at radius 1 is 1.46 bits per heavy atom. The molecule has 26 heavy (non-hydrogen) atoms. The minimum atomic E-state index is -1.17. The van der Waals surface area contributed by atoms with Gasteiger partial charge in [-0.2, -0.15) is 5.10 Å². The highest BCUT2D eigenvalue weighted by Crippen LogP contribution is 2.25. The molecule has 1 aromatic carbocycles. The van der Waals surface area contributed by atoms with Crippen LogP contribution in [0.4, 0.5) is 5.69 Å². The third kappa shape index (κ3) is 3.04. The van der Waals surface area contributed by atoms with Crippen molar-refractivity contribution >= 4 is 17.6 Å². The number of fused-ring (bicyclic) bond motifs is 1. The van der Waals surface area contributed by atoms with Crippen molar-refractivity contribution in [3.8, 4) is 0 Å². The summed E-state index contributed by atoms with van der Waals surface area (Å²) in [6, 6.07) is 2.70. The molecule has 0 saturated carbocycles. The molecule has 12 heteroatoms. The number of primary amides is 1. The number of nitrogens with zero attached hydrogens (tertiary/aromatic N) is 4. The fourth-order valence-electron chi connectivity index (χ4n) is 2.88. The number of carbonyl (C=O) groups is 2. The number of aromatic amines is 1. The second-order valence-corrected chi connectivity index (χ2v) is 5.78. The Hall–Kier alpha value is -3.54. The van der Waals surface area contributed by atoms with E-state index in [1.807, 2.05) is 0 Å². The maximum atomic E-state index is 11.6. The fourth-order valence-corrected chi connectivity index (χ4v) is 2.88. The van der Waals surface area contributed by atoms with Crippen LogP contribution in [0.5, 0.6) is 0 Å². The van der Waals surface area contributed by atoms with Crippen LogP contribution in [0.25, 0.3) is 0 Å². The van der Waals surface area contributed by atoms with Gasteiger partial charge < -0.3 is 10.8 Å². The molecule has 0 aliphatic carbocycles. The zero-order valence-electron chi connectivity index (χ0n) is 13.3. The summed E-state index contributed by atoms with van der Waals surface area (Å²) in [5, 5.41) is 26.8. The summed E-state index contributed by atoms with van der Waals surface area (Å²) >= 11 is 0. The average molecular weight is 362 g/mol. The predicted molar refractivity (Wildman–Crippen MR) is 85.1 cm³/mol. The maximum Gasteiger partial charge on any atom is 0.343 e. The second-order valence-electron chi connectivity index (χ2n) is 5.78. The first kappa shape index (κ1) is 17.3. The number of nitro groups is 1. The lowest BCUT2D eigenvalue weighted by atomic mass is 10.1. The Morgan fingerprint density at radius 2 is 2.19 bits per heavy atom. The molecule has 0 saturated heterocycles. The second kappa shape index (κ2) is 6.40. The lowest BCUT2D eigenvalue weighted by Gasteiger charge is -2.32. The van der Waals surface area contributed by atoms with E-state index in [1.165, 1.54) is 21.6 Å². The molecule has 4 N–H and O–H groups in total. The summed E-state index contributed by atoms with van der Waals surface area (Å²) < 4.78 is 1.22. The molecule has 1 aromatic heterocycles. The van der Waals surface area contributed by atoms with Crippen LogP contribution in [0.15, 0.2) is 23.0 Å². The summed E-state index contributed by atoms with van der Waals surface area (Å²) in [4.78, 5) is 46.6. The number of benzene rings is 1.